The van der Waals surface area contributed by atoms with E-state index in [1.54, 1.807) is 37.6 Å². The molecule has 1 saturated carbocycles. The van der Waals surface area contributed by atoms with Crippen molar-refractivity contribution in [2.75, 3.05) is 67.4 Å². The van der Waals surface area contributed by atoms with E-state index in [-0.39, 0.29) is 0 Å². The Morgan fingerprint density at radius 2 is 1.80 bits per heavy atom. The predicted octanol–water partition coefficient (Wildman–Crippen LogP) is 7.27. The zero-order chi connectivity index (χ0) is 31.7. The highest BCUT2D eigenvalue weighted by Crippen LogP contribution is 2.51. The van der Waals surface area contributed by atoms with Gasteiger partial charge >= 0.3 is 0 Å². The summed E-state index contributed by atoms with van der Waals surface area (Å²) in [6.45, 7) is 4.38. The Morgan fingerprint density at radius 3 is 2.49 bits per heavy atom. The highest BCUT2D eigenvalue weighted by Gasteiger charge is 2.46. The van der Waals surface area contributed by atoms with Gasteiger partial charge in [-0.05, 0) is 91.3 Å². The Bertz CT molecular complexity index is 1670. The molecule has 6 rings (SSSR count). The van der Waals surface area contributed by atoms with Crippen LogP contribution in [0.25, 0.3) is 11.0 Å². The number of hydrogen-bond donors (Lipinski definition) is 2. The molecule has 4 aromatic rings. The number of ether oxygens (including phenoxy) is 1. The normalized spacial score (nSPS) is 16.2. The molecule has 2 aromatic carbocycles. The lowest BCUT2D eigenvalue weighted by Crippen LogP contribution is -2.53. The van der Waals surface area contributed by atoms with E-state index in [1.165, 1.54) is 36.9 Å². The van der Waals surface area contributed by atoms with Crippen LogP contribution in [-0.4, -0.2) is 78.5 Å². The molecule has 0 radical (unpaired) electrons. The number of piperidine rings is 1. The van der Waals surface area contributed by atoms with Gasteiger partial charge in [-0.1, -0.05) is 18.9 Å². The number of aromatic nitrogens is 4. The van der Waals surface area contributed by atoms with Crippen LogP contribution in [0.4, 0.5) is 34.5 Å². The zero-order valence-corrected chi connectivity index (χ0v) is 29.3. The summed E-state index contributed by atoms with van der Waals surface area (Å²) in [5.41, 5.74) is 7.36. The molecular weight excluding hydrogens is 650 g/mol. The minimum Gasteiger partial charge on any atom is -0.494 e. The van der Waals surface area contributed by atoms with Crippen LogP contribution in [0.15, 0.2) is 47.3 Å². The molecule has 45 heavy (non-hydrogen) atoms. The third kappa shape index (κ3) is 6.37. The first-order valence-corrected chi connectivity index (χ1v) is 17.4. The maximum atomic E-state index is 5.91. The van der Waals surface area contributed by atoms with Gasteiger partial charge in [-0.15, -0.1) is 0 Å². The van der Waals surface area contributed by atoms with E-state index < -0.39 is 0 Å². The summed E-state index contributed by atoms with van der Waals surface area (Å²) in [6, 6.07) is 9.08. The van der Waals surface area contributed by atoms with E-state index in [9.17, 15) is 0 Å². The summed E-state index contributed by atoms with van der Waals surface area (Å²) in [7, 11) is 8.15. The number of methoxy groups -OCH3 is 1. The number of benzene rings is 2. The third-order valence-corrected chi connectivity index (χ3v) is 10.8. The summed E-state index contributed by atoms with van der Waals surface area (Å²) in [5.74, 6) is 1.87. The molecule has 1 aliphatic carbocycles. The van der Waals surface area contributed by atoms with Crippen molar-refractivity contribution in [1.82, 2.24) is 24.8 Å². The Balaban J connectivity index is 1.23. The van der Waals surface area contributed by atoms with Crippen molar-refractivity contribution >= 4 is 73.4 Å². The fraction of sp³-hybridized carbons (Fsp3) is 0.455. The highest BCUT2D eigenvalue weighted by molar-refractivity contribution is 9.10. The van der Waals surface area contributed by atoms with E-state index in [2.05, 4.69) is 88.8 Å². The molecule has 2 aliphatic rings. The van der Waals surface area contributed by atoms with Crippen LogP contribution in [0.5, 0.6) is 5.75 Å². The molecule has 0 amide bonds. The van der Waals surface area contributed by atoms with Crippen molar-refractivity contribution in [3.05, 3.63) is 52.9 Å². The van der Waals surface area contributed by atoms with Gasteiger partial charge in [0.15, 0.2) is 0 Å². The number of nitrogens with one attached hydrogen (secondary N) is 2. The van der Waals surface area contributed by atoms with Crippen LogP contribution in [0, 0.1) is 5.41 Å². The first-order chi connectivity index (χ1) is 21.7. The summed E-state index contributed by atoms with van der Waals surface area (Å²) < 4.78 is 8.73. The molecule has 0 unspecified atom stereocenters. The van der Waals surface area contributed by atoms with Crippen molar-refractivity contribution in [2.24, 2.45) is 5.41 Å². The lowest BCUT2D eigenvalue weighted by atomic mass is 9.60. The largest absolute Gasteiger partial charge is 0.494 e. The fourth-order valence-electron chi connectivity index (χ4n) is 6.69. The van der Waals surface area contributed by atoms with Gasteiger partial charge in [-0.3, -0.25) is 9.97 Å². The van der Waals surface area contributed by atoms with Gasteiger partial charge < -0.3 is 29.5 Å². The van der Waals surface area contributed by atoms with Crippen LogP contribution in [0.3, 0.4) is 0 Å². The summed E-state index contributed by atoms with van der Waals surface area (Å²) in [6.07, 6.45) is 13.3. The Labute approximate surface area is 278 Å². The lowest BCUT2D eigenvalue weighted by molar-refractivity contribution is 0.00488. The SMILES string of the molecule is CCc1cc(Nc2ncc(Br)c(Nc3ccc4nccnc4c3N(C)SC)n2)c(OC)cc1N1CCC2(CC1)CC(N(C)C)C2. The van der Waals surface area contributed by atoms with Gasteiger partial charge in [-0.2, -0.15) is 4.98 Å². The van der Waals surface area contributed by atoms with Crippen LogP contribution >= 0.6 is 27.9 Å². The third-order valence-electron chi connectivity index (χ3n) is 9.46. The molecule has 1 saturated heterocycles. The molecule has 238 valence electrons. The molecule has 12 heteroatoms. The second kappa shape index (κ2) is 13.2. The first kappa shape index (κ1) is 31.6. The maximum absolute atomic E-state index is 5.91. The van der Waals surface area contributed by atoms with E-state index in [4.69, 9.17) is 9.72 Å². The number of rotatable bonds is 10. The van der Waals surface area contributed by atoms with Crippen LogP contribution < -0.4 is 24.6 Å². The van der Waals surface area contributed by atoms with Crippen molar-refractivity contribution in [2.45, 2.75) is 45.1 Å². The van der Waals surface area contributed by atoms with Gasteiger partial charge in [0.05, 0.1) is 34.2 Å². The van der Waals surface area contributed by atoms with Crippen molar-refractivity contribution in [1.29, 1.82) is 0 Å². The molecule has 0 atom stereocenters. The second-order valence-corrected chi connectivity index (χ2v) is 14.0. The maximum Gasteiger partial charge on any atom is 0.229 e. The van der Waals surface area contributed by atoms with Gasteiger partial charge in [0.1, 0.15) is 17.1 Å². The van der Waals surface area contributed by atoms with Gasteiger partial charge in [0, 0.05) is 62.8 Å². The van der Waals surface area contributed by atoms with E-state index >= 15 is 0 Å². The first-order valence-electron chi connectivity index (χ1n) is 15.4. The lowest BCUT2D eigenvalue weighted by Gasteiger charge is -2.54. The minimum absolute atomic E-state index is 0.467. The fourth-order valence-corrected chi connectivity index (χ4v) is 7.35. The molecule has 3 heterocycles. The zero-order valence-electron chi connectivity index (χ0n) is 26.9. The molecule has 2 N–H and O–H groups in total. The average Bonchev–Trinajstić information content (AvgIpc) is 3.04. The van der Waals surface area contributed by atoms with Gasteiger partial charge in [-0.25, -0.2) is 4.98 Å². The highest BCUT2D eigenvalue weighted by atomic mass is 79.9. The number of halogens is 1. The second-order valence-electron chi connectivity index (χ2n) is 12.3. The van der Waals surface area contributed by atoms with Gasteiger partial charge in [0.2, 0.25) is 5.95 Å². The summed E-state index contributed by atoms with van der Waals surface area (Å²) in [4.78, 5) is 23.5. The topological polar surface area (TPSA) is 94.6 Å². The number of aryl methyl sites for hydroxylation is 1. The molecule has 1 spiro atoms. The standard InChI is InChI=1S/C33H42BrN9OS/c1-7-21-16-26(28(44-5)17-27(21)43-14-10-33(11-15-43)18-22(19-33)41(2)3)39-32-37-20-23(34)31(40-32)38-25-9-8-24-29(36-13-12-35-24)30(25)42(4)45-6/h8-9,12-13,16-17,20,22H,7,10-11,14-15,18-19H2,1-6H3,(H2,37,38,39,40). The van der Waals surface area contributed by atoms with E-state index in [1.807, 2.05) is 25.4 Å². The predicted molar refractivity (Wildman–Crippen MR) is 191 cm³/mol. The summed E-state index contributed by atoms with van der Waals surface area (Å²) >= 11 is 5.24. The smallest absolute Gasteiger partial charge is 0.229 e. The molecule has 0 bridgehead atoms. The summed E-state index contributed by atoms with van der Waals surface area (Å²) in [5, 5.41) is 6.94. The number of nitrogens with zero attached hydrogens (tertiary/aromatic N) is 7. The number of hydrogen-bond acceptors (Lipinski definition) is 11. The van der Waals surface area contributed by atoms with Crippen LogP contribution in [0.2, 0.25) is 0 Å². The average molecular weight is 693 g/mol. The molecule has 2 fully saturated rings. The number of anilines is 6. The van der Waals surface area contributed by atoms with Crippen LogP contribution in [0.1, 0.15) is 38.2 Å². The van der Waals surface area contributed by atoms with Crippen LogP contribution in [-0.2, 0) is 6.42 Å². The van der Waals surface area contributed by atoms with E-state index in [0.29, 0.717) is 17.2 Å². The molecule has 10 nitrogen and oxygen atoms in total. The molecule has 2 aromatic heterocycles. The quantitative estimate of drug-likeness (QED) is 0.165. The minimum atomic E-state index is 0.467. The molecule has 1 aliphatic heterocycles. The number of fused-ring (bicyclic) bond motifs is 1. The Morgan fingerprint density at radius 1 is 1.04 bits per heavy atom. The van der Waals surface area contributed by atoms with Gasteiger partial charge in [0.25, 0.3) is 0 Å². The Kier molecular flexibility index (Phi) is 9.26. The molecular formula is C33H42BrN9OS. The van der Waals surface area contributed by atoms with Crippen molar-refractivity contribution in [3.63, 3.8) is 0 Å². The van der Waals surface area contributed by atoms with E-state index in [0.717, 1.165) is 63.9 Å². The monoisotopic (exact) mass is 691 g/mol. The van der Waals surface area contributed by atoms with Crippen molar-refractivity contribution in [3.8, 4) is 5.75 Å². The van der Waals surface area contributed by atoms with Crippen molar-refractivity contribution < 1.29 is 4.74 Å². The Hall–Kier alpha value is -3.35.